The summed E-state index contributed by atoms with van der Waals surface area (Å²) < 4.78 is 0. The lowest BCUT2D eigenvalue weighted by molar-refractivity contribution is -0.384. The Morgan fingerprint density at radius 2 is 1.85 bits per heavy atom. The van der Waals surface area contributed by atoms with Gasteiger partial charge in [0.05, 0.1) is 4.92 Å². The van der Waals surface area contributed by atoms with Gasteiger partial charge in [-0.2, -0.15) is 0 Å². The van der Waals surface area contributed by atoms with E-state index in [0.29, 0.717) is 49.4 Å². The number of rotatable bonds is 5. The molecule has 1 aromatic carbocycles. The maximum absolute atomic E-state index is 12.8. The summed E-state index contributed by atoms with van der Waals surface area (Å²) in [6.45, 7) is 2.29. The molecule has 0 bridgehead atoms. The Morgan fingerprint density at radius 3 is 2.48 bits per heavy atom. The van der Waals surface area contributed by atoms with Crippen molar-refractivity contribution in [3.05, 3.63) is 52.3 Å². The second kappa shape index (κ2) is 7.18. The molecule has 2 aliphatic rings. The molecule has 2 aromatic rings. The molecule has 0 atom stereocenters. The first-order chi connectivity index (χ1) is 13.1. The van der Waals surface area contributed by atoms with E-state index in [0.717, 1.165) is 12.8 Å². The molecule has 9 nitrogen and oxygen atoms in total. The summed E-state index contributed by atoms with van der Waals surface area (Å²) in [5.74, 6) is 0.459. The maximum Gasteiger partial charge on any atom is 0.293 e. The number of nitrogens with one attached hydrogen (secondary N) is 1. The summed E-state index contributed by atoms with van der Waals surface area (Å²) in [6.07, 6.45) is 5.42. The number of hydrogen-bond donors (Lipinski definition) is 1. The summed E-state index contributed by atoms with van der Waals surface area (Å²) in [5, 5.41) is 14.5. The Hall–Kier alpha value is -3.23. The molecule has 1 amide bonds. The Morgan fingerprint density at radius 1 is 1.15 bits per heavy atom. The standard InChI is InChI=1S/C18H20N6O3/c25-17(22-8-10-23(11-9-22)18-19-6-1-7-20-18)13-2-5-15(21-14-3-4-14)16(12-13)24(26)27/h1-2,5-7,12,14,21H,3-4,8-11H2. The molecule has 9 heteroatoms. The van der Waals surface area contributed by atoms with Crippen molar-refractivity contribution in [2.24, 2.45) is 0 Å². The van der Waals surface area contributed by atoms with E-state index < -0.39 is 4.92 Å². The van der Waals surface area contributed by atoms with E-state index in [1.54, 1.807) is 35.5 Å². The summed E-state index contributed by atoms with van der Waals surface area (Å²) in [7, 11) is 0. The second-order valence-electron chi connectivity index (χ2n) is 6.74. The minimum Gasteiger partial charge on any atom is -0.377 e. The number of anilines is 2. The largest absolute Gasteiger partial charge is 0.377 e. The SMILES string of the molecule is O=C(c1ccc(NC2CC2)c([N+](=O)[O-])c1)N1CCN(c2ncccn2)CC1. The predicted molar refractivity (Wildman–Crippen MR) is 99.9 cm³/mol. The van der Waals surface area contributed by atoms with E-state index >= 15 is 0 Å². The molecule has 1 saturated heterocycles. The summed E-state index contributed by atoms with van der Waals surface area (Å²) in [6, 6.07) is 6.74. The summed E-state index contributed by atoms with van der Waals surface area (Å²) in [5.41, 5.74) is 0.765. The fourth-order valence-electron chi connectivity index (χ4n) is 3.13. The Bertz CT molecular complexity index is 847. The van der Waals surface area contributed by atoms with E-state index in [1.165, 1.54) is 6.07 Å². The van der Waals surface area contributed by atoms with E-state index in [2.05, 4.69) is 15.3 Å². The molecular weight excluding hydrogens is 348 g/mol. The van der Waals surface area contributed by atoms with Crippen LogP contribution < -0.4 is 10.2 Å². The molecule has 2 fully saturated rings. The fourth-order valence-corrected chi connectivity index (χ4v) is 3.13. The first kappa shape index (κ1) is 17.2. The highest BCUT2D eigenvalue weighted by Crippen LogP contribution is 2.31. The van der Waals surface area contributed by atoms with Crippen molar-refractivity contribution in [3.8, 4) is 0 Å². The number of nitro benzene ring substituents is 1. The lowest BCUT2D eigenvalue weighted by Crippen LogP contribution is -2.49. The molecular formula is C18H20N6O3. The molecule has 1 aliphatic carbocycles. The van der Waals surface area contributed by atoms with Gasteiger partial charge in [-0.25, -0.2) is 9.97 Å². The highest BCUT2D eigenvalue weighted by molar-refractivity contribution is 5.96. The van der Waals surface area contributed by atoms with E-state index in [-0.39, 0.29) is 11.6 Å². The average Bonchev–Trinajstić information content (AvgIpc) is 3.52. The maximum atomic E-state index is 12.8. The van der Waals surface area contributed by atoms with E-state index in [4.69, 9.17) is 0 Å². The number of piperazine rings is 1. The molecule has 1 aliphatic heterocycles. The molecule has 1 N–H and O–H groups in total. The van der Waals surface area contributed by atoms with Crippen LogP contribution in [-0.2, 0) is 0 Å². The van der Waals surface area contributed by atoms with Crippen LogP contribution in [0.15, 0.2) is 36.7 Å². The lowest BCUT2D eigenvalue weighted by Gasteiger charge is -2.34. The molecule has 0 unspecified atom stereocenters. The van der Waals surface area contributed by atoms with Crippen LogP contribution in [0, 0.1) is 10.1 Å². The van der Waals surface area contributed by atoms with E-state index in [9.17, 15) is 14.9 Å². The zero-order chi connectivity index (χ0) is 18.8. The number of benzene rings is 1. The molecule has 1 aromatic heterocycles. The number of nitrogens with zero attached hydrogens (tertiary/aromatic N) is 5. The van der Waals surface area contributed by atoms with Crippen molar-refractivity contribution in [3.63, 3.8) is 0 Å². The van der Waals surface area contributed by atoms with Gasteiger partial charge in [0.1, 0.15) is 5.69 Å². The van der Waals surface area contributed by atoms with Crippen LogP contribution in [0.5, 0.6) is 0 Å². The van der Waals surface area contributed by atoms with Gasteiger partial charge >= 0.3 is 0 Å². The number of carbonyl (C=O) groups is 1. The highest BCUT2D eigenvalue weighted by Gasteiger charge is 2.28. The van der Waals surface area contributed by atoms with Crippen molar-refractivity contribution in [2.75, 3.05) is 36.4 Å². The Kier molecular flexibility index (Phi) is 4.57. The van der Waals surface area contributed by atoms with Crippen LogP contribution >= 0.6 is 0 Å². The van der Waals surface area contributed by atoms with Crippen molar-refractivity contribution < 1.29 is 9.72 Å². The molecule has 2 heterocycles. The molecule has 0 spiro atoms. The quantitative estimate of drug-likeness (QED) is 0.635. The second-order valence-corrected chi connectivity index (χ2v) is 6.74. The molecule has 4 rings (SSSR count). The van der Waals surface area contributed by atoms with Crippen LogP contribution in [0.1, 0.15) is 23.2 Å². The predicted octanol–water partition coefficient (Wildman–Crippen LogP) is 1.92. The third kappa shape index (κ3) is 3.81. The average molecular weight is 368 g/mol. The van der Waals surface area contributed by atoms with Crippen molar-refractivity contribution in [1.82, 2.24) is 14.9 Å². The summed E-state index contributed by atoms with van der Waals surface area (Å²) >= 11 is 0. The van der Waals surface area contributed by atoms with Gasteiger partial charge in [0.2, 0.25) is 5.95 Å². The Balaban J connectivity index is 1.45. The van der Waals surface area contributed by atoms with Gasteiger partial charge in [0.15, 0.2) is 0 Å². The van der Waals surface area contributed by atoms with Crippen LogP contribution in [0.3, 0.4) is 0 Å². The summed E-state index contributed by atoms with van der Waals surface area (Å²) in [4.78, 5) is 35.9. The number of amides is 1. The minimum absolute atomic E-state index is 0.0518. The third-order valence-electron chi connectivity index (χ3n) is 4.78. The molecule has 0 radical (unpaired) electrons. The zero-order valence-corrected chi connectivity index (χ0v) is 14.7. The van der Waals surface area contributed by atoms with Gasteiger partial charge in [0, 0.05) is 56.2 Å². The molecule has 140 valence electrons. The Labute approximate surface area is 156 Å². The van der Waals surface area contributed by atoms with Crippen molar-refractivity contribution in [1.29, 1.82) is 0 Å². The van der Waals surface area contributed by atoms with Gasteiger partial charge in [-0.05, 0) is 31.0 Å². The monoisotopic (exact) mass is 368 g/mol. The van der Waals surface area contributed by atoms with Crippen LogP contribution in [-0.4, -0.2) is 57.9 Å². The van der Waals surface area contributed by atoms with E-state index in [1.807, 2.05) is 4.90 Å². The lowest BCUT2D eigenvalue weighted by atomic mass is 10.1. The normalized spacial score (nSPS) is 16.9. The number of aromatic nitrogens is 2. The van der Waals surface area contributed by atoms with Crippen LogP contribution in [0.4, 0.5) is 17.3 Å². The highest BCUT2D eigenvalue weighted by atomic mass is 16.6. The number of nitro groups is 1. The number of carbonyl (C=O) groups excluding carboxylic acids is 1. The topological polar surface area (TPSA) is 104 Å². The van der Waals surface area contributed by atoms with Crippen molar-refractivity contribution >= 4 is 23.2 Å². The van der Waals surface area contributed by atoms with Gasteiger partial charge in [-0.1, -0.05) is 0 Å². The van der Waals surface area contributed by atoms with Crippen LogP contribution in [0.2, 0.25) is 0 Å². The first-order valence-electron chi connectivity index (χ1n) is 8.98. The fraction of sp³-hybridized carbons (Fsp3) is 0.389. The van der Waals surface area contributed by atoms with Gasteiger partial charge in [-0.3, -0.25) is 14.9 Å². The van der Waals surface area contributed by atoms with Crippen LogP contribution in [0.25, 0.3) is 0 Å². The minimum atomic E-state index is -0.438. The third-order valence-corrected chi connectivity index (χ3v) is 4.78. The molecule has 27 heavy (non-hydrogen) atoms. The first-order valence-corrected chi connectivity index (χ1v) is 8.98. The molecule has 1 saturated carbocycles. The van der Waals surface area contributed by atoms with Crippen molar-refractivity contribution in [2.45, 2.75) is 18.9 Å². The zero-order valence-electron chi connectivity index (χ0n) is 14.7. The van der Waals surface area contributed by atoms with Gasteiger partial charge in [-0.15, -0.1) is 0 Å². The van der Waals surface area contributed by atoms with Gasteiger partial charge < -0.3 is 15.1 Å². The smallest absolute Gasteiger partial charge is 0.293 e. The van der Waals surface area contributed by atoms with Gasteiger partial charge in [0.25, 0.3) is 11.6 Å². The number of hydrogen-bond acceptors (Lipinski definition) is 7.